The lowest BCUT2D eigenvalue weighted by molar-refractivity contribution is -0.138. The van der Waals surface area contributed by atoms with Crippen molar-refractivity contribution in [2.45, 2.75) is 38.7 Å². The maximum Gasteiger partial charge on any atom is 0.310 e. The minimum absolute atomic E-state index is 0.494. The molecule has 0 spiro atoms. The van der Waals surface area contributed by atoms with Crippen molar-refractivity contribution in [3.63, 3.8) is 0 Å². The summed E-state index contributed by atoms with van der Waals surface area (Å²) in [6.07, 6.45) is 1.11. The number of aliphatic hydroxyl groups excluding tert-OH is 1. The predicted molar refractivity (Wildman–Crippen MR) is 62.4 cm³/mol. The van der Waals surface area contributed by atoms with Gasteiger partial charge < -0.3 is 10.2 Å². The number of carboxylic acids is 1. The molecule has 1 rings (SSSR count). The largest absolute Gasteiger partial charge is 0.481 e. The summed E-state index contributed by atoms with van der Waals surface area (Å²) >= 11 is 0. The molecule has 88 valence electrons. The number of aliphatic hydroxyl groups is 1. The third kappa shape index (κ3) is 3.07. The van der Waals surface area contributed by atoms with Gasteiger partial charge in [0, 0.05) is 0 Å². The van der Waals surface area contributed by atoms with Crippen LogP contribution in [0.15, 0.2) is 24.3 Å². The van der Waals surface area contributed by atoms with Gasteiger partial charge in [0.05, 0.1) is 12.0 Å². The number of carboxylic acid groups (broad SMARTS) is 1. The van der Waals surface area contributed by atoms with E-state index in [1.54, 1.807) is 25.1 Å². The highest BCUT2D eigenvalue weighted by Gasteiger charge is 2.15. The summed E-state index contributed by atoms with van der Waals surface area (Å²) in [5, 5.41) is 18.7. The molecule has 16 heavy (non-hydrogen) atoms. The summed E-state index contributed by atoms with van der Waals surface area (Å²) in [6.45, 7) is 3.65. The molecule has 0 amide bonds. The Balaban J connectivity index is 2.90. The Hall–Kier alpha value is -1.35. The molecule has 2 N–H and O–H groups in total. The molecule has 0 radical (unpaired) electrons. The van der Waals surface area contributed by atoms with E-state index in [4.69, 9.17) is 5.11 Å². The Morgan fingerprint density at radius 3 is 2.56 bits per heavy atom. The van der Waals surface area contributed by atoms with Crippen molar-refractivity contribution in [2.75, 3.05) is 0 Å². The van der Waals surface area contributed by atoms with E-state index in [9.17, 15) is 9.90 Å². The fourth-order valence-corrected chi connectivity index (χ4v) is 1.62. The second-order valence-electron chi connectivity index (χ2n) is 4.03. The van der Waals surface area contributed by atoms with E-state index in [1.165, 1.54) is 0 Å². The molecule has 0 saturated heterocycles. The van der Waals surface area contributed by atoms with Crippen LogP contribution in [0.25, 0.3) is 0 Å². The van der Waals surface area contributed by atoms with E-state index < -0.39 is 18.0 Å². The Morgan fingerprint density at radius 1 is 1.38 bits per heavy atom. The summed E-state index contributed by atoms with van der Waals surface area (Å²) in [4.78, 5) is 10.8. The average molecular weight is 222 g/mol. The van der Waals surface area contributed by atoms with Gasteiger partial charge in [-0.3, -0.25) is 4.79 Å². The first-order chi connectivity index (χ1) is 7.56. The summed E-state index contributed by atoms with van der Waals surface area (Å²) in [6, 6.07) is 7.18. The molecule has 0 heterocycles. The molecule has 0 aliphatic rings. The minimum Gasteiger partial charge on any atom is -0.481 e. The number of aliphatic carboxylic acids is 1. The van der Waals surface area contributed by atoms with Crippen molar-refractivity contribution in [1.82, 2.24) is 0 Å². The summed E-state index contributed by atoms with van der Waals surface area (Å²) < 4.78 is 0. The summed E-state index contributed by atoms with van der Waals surface area (Å²) in [5.41, 5.74) is 1.53. The van der Waals surface area contributed by atoms with Crippen LogP contribution in [0.5, 0.6) is 0 Å². The van der Waals surface area contributed by atoms with Crippen LogP contribution in [-0.2, 0) is 4.79 Å². The fraction of sp³-hybridized carbons (Fsp3) is 0.462. The standard InChI is InChI=1S/C13H18O3/c1-3-5-12(14)11-7-4-6-10(8-11)9(2)13(15)16/h4,6-9,12,14H,3,5H2,1-2H3,(H,15,16). The molecule has 0 bridgehead atoms. The zero-order valence-electron chi connectivity index (χ0n) is 9.68. The van der Waals surface area contributed by atoms with Gasteiger partial charge in [-0.2, -0.15) is 0 Å². The first kappa shape index (κ1) is 12.7. The lowest BCUT2D eigenvalue weighted by Gasteiger charge is -2.13. The van der Waals surface area contributed by atoms with Crippen LogP contribution in [0.4, 0.5) is 0 Å². The molecule has 3 nitrogen and oxygen atoms in total. The third-order valence-electron chi connectivity index (χ3n) is 2.73. The predicted octanol–water partition coefficient (Wildman–Crippen LogP) is 2.71. The summed E-state index contributed by atoms with van der Waals surface area (Å²) in [5.74, 6) is -1.38. The van der Waals surface area contributed by atoms with E-state index in [0.29, 0.717) is 6.42 Å². The molecule has 0 aliphatic heterocycles. The molecule has 0 aromatic heterocycles. The third-order valence-corrected chi connectivity index (χ3v) is 2.73. The van der Waals surface area contributed by atoms with E-state index in [0.717, 1.165) is 17.5 Å². The van der Waals surface area contributed by atoms with Gasteiger partial charge in [0.25, 0.3) is 0 Å². The Kier molecular flexibility index (Phi) is 4.50. The van der Waals surface area contributed by atoms with Crippen LogP contribution in [0, 0.1) is 0 Å². The molecule has 0 aliphatic carbocycles. The smallest absolute Gasteiger partial charge is 0.310 e. The van der Waals surface area contributed by atoms with Gasteiger partial charge in [-0.05, 0) is 24.5 Å². The molecule has 0 saturated carbocycles. The number of hydrogen-bond donors (Lipinski definition) is 2. The number of carbonyl (C=O) groups is 1. The zero-order chi connectivity index (χ0) is 12.1. The highest BCUT2D eigenvalue weighted by atomic mass is 16.4. The van der Waals surface area contributed by atoms with Crippen LogP contribution in [0.2, 0.25) is 0 Å². The second kappa shape index (κ2) is 5.66. The molecule has 1 aromatic carbocycles. The van der Waals surface area contributed by atoms with E-state index >= 15 is 0 Å². The highest BCUT2D eigenvalue weighted by Crippen LogP contribution is 2.23. The van der Waals surface area contributed by atoms with Gasteiger partial charge in [-0.25, -0.2) is 0 Å². The van der Waals surface area contributed by atoms with Crippen LogP contribution in [0.3, 0.4) is 0 Å². The second-order valence-corrected chi connectivity index (χ2v) is 4.03. The molecule has 1 aromatic rings. The Labute approximate surface area is 95.7 Å². The van der Waals surface area contributed by atoms with Crippen LogP contribution >= 0.6 is 0 Å². The van der Waals surface area contributed by atoms with Crippen LogP contribution in [0.1, 0.15) is 49.8 Å². The minimum atomic E-state index is -0.845. The van der Waals surface area contributed by atoms with Gasteiger partial charge in [0.1, 0.15) is 0 Å². The lowest BCUT2D eigenvalue weighted by atomic mass is 9.96. The summed E-state index contributed by atoms with van der Waals surface area (Å²) in [7, 11) is 0. The van der Waals surface area contributed by atoms with Crippen molar-refractivity contribution in [2.24, 2.45) is 0 Å². The highest BCUT2D eigenvalue weighted by molar-refractivity contribution is 5.75. The average Bonchev–Trinajstić information content (AvgIpc) is 2.28. The molecule has 3 heteroatoms. The maximum atomic E-state index is 10.8. The quantitative estimate of drug-likeness (QED) is 0.805. The van der Waals surface area contributed by atoms with Crippen LogP contribution < -0.4 is 0 Å². The van der Waals surface area contributed by atoms with Gasteiger partial charge in [0.15, 0.2) is 0 Å². The first-order valence-corrected chi connectivity index (χ1v) is 5.57. The normalized spacial score (nSPS) is 14.4. The monoisotopic (exact) mass is 222 g/mol. The van der Waals surface area contributed by atoms with Crippen molar-refractivity contribution in [3.8, 4) is 0 Å². The molecule has 0 fully saturated rings. The van der Waals surface area contributed by atoms with Gasteiger partial charge in [-0.1, -0.05) is 37.6 Å². The van der Waals surface area contributed by atoms with Gasteiger partial charge in [0.2, 0.25) is 0 Å². The van der Waals surface area contributed by atoms with Crippen LogP contribution in [-0.4, -0.2) is 16.2 Å². The SMILES string of the molecule is CCCC(O)c1cccc(C(C)C(=O)O)c1. The van der Waals surface area contributed by atoms with E-state index in [-0.39, 0.29) is 0 Å². The molecule has 2 atom stereocenters. The zero-order valence-corrected chi connectivity index (χ0v) is 9.68. The molecular weight excluding hydrogens is 204 g/mol. The number of hydrogen-bond acceptors (Lipinski definition) is 2. The van der Waals surface area contributed by atoms with Crippen molar-refractivity contribution < 1.29 is 15.0 Å². The Morgan fingerprint density at radius 2 is 2.00 bits per heavy atom. The van der Waals surface area contributed by atoms with Crippen molar-refractivity contribution >= 4 is 5.97 Å². The topological polar surface area (TPSA) is 57.5 Å². The molecular formula is C13H18O3. The van der Waals surface area contributed by atoms with Crippen molar-refractivity contribution in [1.29, 1.82) is 0 Å². The van der Waals surface area contributed by atoms with E-state index in [2.05, 4.69) is 0 Å². The first-order valence-electron chi connectivity index (χ1n) is 5.57. The number of benzene rings is 1. The van der Waals surface area contributed by atoms with E-state index in [1.807, 2.05) is 13.0 Å². The lowest BCUT2D eigenvalue weighted by Crippen LogP contribution is -2.08. The van der Waals surface area contributed by atoms with Crippen molar-refractivity contribution in [3.05, 3.63) is 35.4 Å². The fourth-order valence-electron chi connectivity index (χ4n) is 1.62. The maximum absolute atomic E-state index is 10.8. The van der Waals surface area contributed by atoms with Gasteiger partial charge >= 0.3 is 5.97 Å². The Bertz CT molecular complexity index is 360. The number of rotatable bonds is 5. The molecule has 2 unspecified atom stereocenters. The van der Waals surface area contributed by atoms with Gasteiger partial charge in [-0.15, -0.1) is 0 Å².